The number of ketones is 1. The lowest BCUT2D eigenvalue weighted by molar-refractivity contribution is -0.372. The van der Waals surface area contributed by atoms with Gasteiger partial charge in [-0.15, -0.1) is 13.2 Å². The van der Waals surface area contributed by atoms with E-state index >= 15 is 0 Å². The maximum atomic E-state index is 12.5. The molecule has 13 heteroatoms. The normalized spacial score (nSPS) is 24.2. The average molecular weight is 665 g/mol. The first kappa shape index (κ1) is 39.8. The van der Waals surface area contributed by atoms with Crippen molar-refractivity contribution < 1.29 is 53.2 Å². The quantitative estimate of drug-likeness (QED) is 0.0194. The number of nitrogens with one attached hydrogen (secondary N) is 1. The number of hydrogen-bond acceptors (Lipinski definition) is 12. The monoisotopic (exact) mass is 664 g/mol. The molecule has 2 fully saturated rings. The van der Waals surface area contributed by atoms with Crippen molar-refractivity contribution in [3.05, 3.63) is 50.6 Å². The van der Waals surface area contributed by atoms with Gasteiger partial charge in [-0.1, -0.05) is 38.2 Å². The summed E-state index contributed by atoms with van der Waals surface area (Å²) in [6, 6.07) is 0. The molecule has 1 amide bonds. The predicted molar refractivity (Wildman–Crippen MR) is 174 cm³/mol. The molecule has 0 saturated heterocycles. The SMILES string of the molecule is C=CCOOCC1CCC(OC(=O)C=C)C(OC(=O)NCCCCCCN=COOC2CC(CC(=O)C=C)CCC2OOCC=C)C1. The number of hydrogen-bond donors (Lipinski definition) is 1. The van der Waals surface area contributed by atoms with Gasteiger partial charge in [0.2, 0.25) is 6.40 Å². The fraction of sp³-hybridized carbons (Fsp3) is 0.647. The molecule has 13 nitrogen and oxygen atoms in total. The number of unbranched alkanes of at least 4 members (excludes halogenated alkanes) is 3. The predicted octanol–water partition coefficient (Wildman–Crippen LogP) is 5.47. The van der Waals surface area contributed by atoms with Crippen LogP contribution in [-0.2, 0) is 48.4 Å². The number of aliphatic imine (C=N–C) groups is 1. The van der Waals surface area contributed by atoms with Gasteiger partial charge in [0.1, 0.15) is 37.6 Å². The number of allylic oxidation sites excluding steroid dienone is 1. The van der Waals surface area contributed by atoms with Crippen LogP contribution in [0.15, 0.2) is 55.6 Å². The highest BCUT2D eigenvalue weighted by Crippen LogP contribution is 2.32. The number of nitrogens with zero attached hydrogens (tertiary/aromatic N) is 1. The van der Waals surface area contributed by atoms with Crippen LogP contribution < -0.4 is 5.32 Å². The van der Waals surface area contributed by atoms with E-state index in [0.717, 1.165) is 44.6 Å². The zero-order valence-electron chi connectivity index (χ0n) is 27.4. The van der Waals surface area contributed by atoms with E-state index in [9.17, 15) is 14.4 Å². The number of alkyl carbamates (subject to hydrolysis) is 1. The van der Waals surface area contributed by atoms with E-state index in [2.05, 4.69) is 36.6 Å². The summed E-state index contributed by atoms with van der Waals surface area (Å²) in [7, 11) is 0. The van der Waals surface area contributed by atoms with E-state index < -0.39 is 30.4 Å². The molecule has 264 valence electrons. The average Bonchev–Trinajstić information content (AvgIpc) is 3.07. The number of amides is 1. The third kappa shape index (κ3) is 17.4. The molecule has 6 atom stereocenters. The number of ether oxygens (including phenoxy) is 2. The molecule has 0 bridgehead atoms. The van der Waals surface area contributed by atoms with Crippen LogP contribution in [-0.4, -0.2) is 81.6 Å². The van der Waals surface area contributed by atoms with Crippen LogP contribution in [0.4, 0.5) is 4.79 Å². The van der Waals surface area contributed by atoms with Gasteiger partial charge in [-0.25, -0.2) is 29.1 Å². The summed E-state index contributed by atoms with van der Waals surface area (Å²) in [5.41, 5.74) is 0. The second-order valence-corrected chi connectivity index (χ2v) is 11.5. The highest BCUT2D eigenvalue weighted by atomic mass is 17.2. The van der Waals surface area contributed by atoms with E-state index in [1.807, 2.05) is 0 Å². The molecule has 6 unspecified atom stereocenters. The summed E-state index contributed by atoms with van der Waals surface area (Å²) >= 11 is 0. The number of esters is 1. The smallest absolute Gasteiger partial charge is 0.407 e. The van der Waals surface area contributed by atoms with Crippen LogP contribution >= 0.6 is 0 Å². The van der Waals surface area contributed by atoms with Crippen molar-refractivity contribution in [2.24, 2.45) is 16.8 Å². The van der Waals surface area contributed by atoms with Gasteiger partial charge in [-0.3, -0.25) is 9.79 Å². The van der Waals surface area contributed by atoms with Crippen LogP contribution in [0, 0.1) is 11.8 Å². The van der Waals surface area contributed by atoms with Crippen molar-refractivity contribution in [1.82, 2.24) is 5.32 Å². The van der Waals surface area contributed by atoms with Gasteiger partial charge < -0.3 is 19.7 Å². The second-order valence-electron chi connectivity index (χ2n) is 11.5. The van der Waals surface area contributed by atoms with Crippen molar-refractivity contribution in [2.75, 3.05) is 32.9 Å². The first-order valence-electron chi connectivity index (χ1n) is 16.4. The largest absolute Gasteiger partial charge is 0.455 e. The summed E-state index contributed by atoms with van der Waals surface area (Å²) in [5.74, 6) is -0.321. The molecule has 2 aliphatic carbocycles. The van der Waals surface area contributed by atoms with Gasteiger partial charge in [-0.2, -0.15) is 4.89 Å². The van der Waals surface area contributed by atoms with Gasteiger partial charge in [0.15, 0.2) is 5.78 Å². The summed E-state index contributed by atoms with van der Waals surface area (Å²) in [4.78, 5) is 71.9. The Bertz CT molecular complexity index is 1000. The van der Waals surface area contributed by atoms with Crippen molar-refractivity contribution >= 4 is 24.2 Å². The minimum Gasteiger partial charge on any atom is -0.455 e. The lowest BCUT2D eigenvalue weighted by Gasteiger charge is -2.34. The third-order valence-corrected chi connectivity index (χ3v) is 7.82. The Morgan fingerprint density at radius 1 is 0.723 bits per heavy atom. The lowest BCUT2D eigenvalue weighted by atomic mass is 9.82. The maximum Gasteiger partial charge on any atom is 0.407 e. The van der Waals surface area contributed by atoms with Crippen molar-refractivity contribution in [2.45, 2.75) is 95.0 Å². The van der Waals surface area contributed by atoms with Gasteiger partial charge in [0, 0.05) is 25.6 Å². The first-order valence-corrected chi connectivity index (χ1v) is 16.4. The van der Waals surface area contributed by atoms with Crippen LogP contribution in [0.1, 0.15) is 70.6 Å². The minimum absolute atomic E-state index is 0.00179. The zero-order chi connectivity index (χ0) is 34.1. The Morgan fingerprint density at radius 3 is 2.21 bits per heavy atom. The van der Waals surface area contributed by atoms with Crippen molar-refractivity contribution in [3.8, 4) is 0 Å². The Balaban J connectivity index is 1.62. The second kappa shape index (κ2) is 24.8. The van der Waals surface area contributed by atoms with E-state index in [4.69, 9.17) is 38.8 Å². The summed E-state index contributed by atoms with van der Waals surface area (Å²) < 4.78 is 11.1. The van der Waals surface area contributed by atoms with E-state index in [1.165, 1.54) is 12.5 Å². The van der Waals surface area contributed by atoms with Gasteiger partial charge >= 0.3 is 12.1 Å². The van der Waals surface area contributed by atoms with Crippen LogP contribution in [0.25, 0.3) is 0 Å². The topological polar surface area (TPSA) is 149 Å². The standard InChI is InChI=1S/C34H52N2O11/c1-5-19-40-42-24-27-14-15-29(44-33(38)8-4)31(23-27)45-34(39)36-18-12-10-9-11-17-35-25-43-47-32-22-26(21-28(37)7-3)13-16-30(32)46-41-20-6-2/h5-8,25-27,29-32H,1-4,9-24H2,(H,36,39). The summed E-state index contributed by atoms with van der Waals surface area (Å²) in [6.07, 6.45) is 12.0. The molecule has 47 heavy (non-hydrogen) atoms. The van der Waals surface area contributed by atoms with E-state index in [0.29, 0.717) is 51.8 Å². The third-order valence-electron chi connectivity index (χ3n) is 7.82. The fourth-order valence-corrected chi connectivity index (χ4v) is 5.39. The number of carbonyl (C=O) groups excluding carboxylic acids is 3. The molecule has 0 heterocycles. The highest BCUT2D eigenvalue weighted by molar-refractivity contribution is 5.89. The Hall–Kier alpha value is -3.36. The number of carbonyl (C=O) groups is 3. The lowest BCUT2D eigenvalue weighted by Crippen LogP contribution is -2.43. The maximum absolute atomic E-state index is 12.5. The van der Waals surface area contributed by atoms with Crippen molar-refractivity contribution in [1.29, 1.82) is 0 Å². The first-order chi connectivity index (χ1) is 22.9. The Labute approximate surface area is 278 Å². The van der Waals surface area contributed by atoms with Crippen LogP contribution in [0.2, 0.25) is 0 Å². The molecular formula is C34H52N2O11. The molecule has 0 aromatic heterocycles. The molecule has 2 aliphatic rings. The molecular weight excluding hydrogens is 612 g/mol. The molecule has 0 aromatic rings. The highest BCUT2D eigenvalue weighted by Gasteiger charge is 2.36. The molecule has 0 spiro atoms. The van der Waals surface area contributed by atoms with Gasteiger partial charge in [0.25, 0.3) is 0 Å². The van der Waals surface area contributed by atoms with Gasteiger partial charge in [-0.05, 0) is 69.3 Å². The molecule has 0 radical (unpaired) electrons. The van der Waals surface area contributed by atoms with Gasteiger partial charge in [0.05, 0.1) is 6.61 Å². The van der Waals surface area contributed by atoms with E-state index in [-0.39, 0.29) is 36.9 Å². The Kier molecular flexibility index (Phi) is 21.0. The van der Waals surface area contributed by atoms with E-state index in [1.54, 1.807) is 12.2 Å². The molecule has 2 rings (SSSR count). The summed E-state index contributed by atoms with van der Waals surface area (Å²) in [5, 5.41) is 2.78. The summed E-state index contributed by atoms with van der Waals surface area (Å²) in [6.45, 7) is 16.0. The minimum atomic E-state index is -0.602. The molecule has 2 saturated carbocycles. The molecule has 0 aliphatic heterocycles. The van der Waals surface area contributed by atoms with Crippen LogP contribution in [0.3, 0.4) is 0 Å². The number of rotatable bonds is 25. The Morgan fingerprint density at radius 2 is 1.45 bits per heavy atom. The molecule has 1 N–H and O–H groups in total. The van der Waals surface area contributed by atoms with Crippen molar-refractivity contribution in [3.63, 3.8) is 0 Å². The van der Waals surface area contributed by atoms with Crippen LogP contribution in [0.5, 0.6) is 0 Å². The zero-order valence-corrected chi connectivity index (χ0v) is 27.4. The molecule has 0 aromatic carbocycles. The fourth-order valence-electron chi connectivity index (χ4n) is 5.39.